The summed E-state index contributed by atoms with van der Waals surface area (Å²) in [6, 6.07) is 6.54. The second-order valence-corrected chi connectivity index (χ2v) is 7.05. The predicted octanol–water partition coefficient (Wildman–Crippen LogP) is 2.17. The highest BCUT2D eigenvalue weighted by Crippen LogP contribution is 2.41. The fraction of sp³-hybridized carbons (Fsp3) is 0.294. The number of fused-ring (bicyclic) bond motifs is 1. The lowest BCUT2D eigenvalue weighted by Crippen LogP contribution is -2.58. The van der Waals surface area contributed by atoms with Crippen LogP contribution in [0.15, 0.2) is 35.8 Å². The lowest BCUT2D eigenvalue weighted by Gasteiger charge is -2.37. The molecule has 1 atom stereocenters. The normalized spacial score (nSPS) is 16.4. The predicted molar refractivity (Wildman–Crippen MR) is 89.4 cm³/mol. The molecule has 1 aliphatic rings. The van der Waals surface area contributed by atoms with Crippen LogP contribution in [0.4, 0.5) is 0 Å². The number of thiazole rings is 1. The van der Waals surface area contributed by atoms with Crippen molar-refractivity contribution in [2.75, 3.05) is 0 Å². The van der Waals surface area contributed by atoms with Gasteiger partial charge in [-0.2, -0.15) is 0 Å². The van der Waals surface area contributed by atoms with Crippen molar-refractivity contribution in [2.45, 2.75) is 25.8 Å². The number of primary amides is 1. The van der Waals surface area contributed by atoms with E-state index in [1.165, 1.54) is 17.5 Å². The van der Waals surface area contributed by atoms with Gasteiger partial charge in [-0.3, -0.25) is 19.3 Å². The largest absolute Gasteiger partial charge is 0.367 e. The van der Waals surface area contributed by atoms with Crippen molar-refractivity contribution in [1.82, 2.24) is 9.88 Å². The average Bonchev–Trinajstić information content (AvgIpc) is 3.14. The first kappa shape index (κ1) is 16.3. The fourth-order valence-corrected chi connectivity index (χ4v) is 3.99. The van der Waals surface area contributed by atoms with Gasteiger partial charge >= 0.3 is 0 Å². The highest BCUT2D eigenvalue weighted by Gasteiger charge is 2.55. The maximum absolute atomic E-state index is 12.9. The van der Waals surface area contributed by atoms with Crippen molar-refractivity contribution in [3.8, 4) is 0 Å². The Balaban J connectivity index is 2.23. The van der Waals surface area contributed by atoms with E-state index in [9.17, 15) is 14.4 Å². The maximum atomic E-state index is 12.9. The van der Waals surface area contributed by atoms with E-state index in [0.29, 0.717) is 5.01 Å². The quantitative estimate of drug-likeness (QED) is 0.842. The van der Waals surface area contributed by atoms with Gasteiger partial charge in [-0.1, -0.05) is 26.0 Å². The third kappa shape index (κ3) is 2.24. The van der Waals surface area contributed by atoms with Gasteiger partial charge in [0.05, 0.1) is 11.1 Å². The van der Waals surface area contributed by atoms with Crippen LogP contribution in [0.2, 0.25) is 0 Å². The highest BCUT2D eigenvalue weighted by molar-refractivity contribution is 7.09. The maximum Gasteiger partial charge on any atom is 0.262 e. The molecular formula is C17H17N3O3S. The van der Waals surface area contributed by atoms with Gasteiger partial charge in [-0.15, -0.1) is 11.3 Å². The Morgan fingerprint density at radius 2 is 1.83 bits per heavy atom. The smallest absolute Gasteiger partial charge is 0.262 e. The van der Waals surface area contributed by atoms with Gasteiger partial charge in [-0.25, -0.2) is 4.98 Å². The molecule has 3 rings (SSSR count). The van der Waals surface area contributed by atoms with Crippen LogP contribution < -0.4 is 5.73 Å². The van der Waals surface area contributed by atoms with Crippen LogP contribution in [0.1, 0.15) is 46.0 Å². The van der Waals surface area contributed by atoms with Gasteiger partial charge in [0.1, 0.15) is 5.01 Å². The number of carbonyl (C=O) groups is 3. The van der Waals surface area contributed by atoms with Crippen LogP contribution in [-0.4, -0.2) is 27.6 Å². The van der Waals surface area contributed by atoms with Crippen LogP contribution in [0.25, 0.3) is 0 Å². The Labute approximate surface area is 143 Å². The van der Waals surface area contributed by atoms with Crippen molar-refractivity contribution in [3.05, 3.63) is 52.0 Å². The summed E-state index contributed by atoms with van der Waals surface area (Å²) in [6.07, 6.45) is 1.76. The zero-order chi connectivity index (χ0) is 17.5. The molecule has 0 saturated carbocycles. The summed E-state index contributed by atoms with van der Waals surface area (Å²) in [5.74, 6) is -1.75. The summed E-state index contributed by atoms with van der Waals surface area (Å²) in [6.45, 7) is 3.81. The van der Waals surface area contributed by atoms with Crippen molar-refractivity contribution in [3.63, 3.8) is 0 Å². The summed E-state index contributed by atoms with van der Waals surface area (Å²) >= 11 is 1.21. The Morgan fingerprint density at radius 3 is 2.25 bits per heavy atom. The number of nitrogens with zero attached hydrogens (tertiary/aromatic N) is 2. The van der Waals surface area contributed by atoms with Gasteiger partial charge in [0.15, 0.2) is 5.54 Å². The summed E-state index contributed by atoms with van der Waals surface area (Å²) in [4.78, 5) is 43.6. The molecular weight excluding hydrogens is 326 g/mol. The van der Waals surface area contributed by atoms with Gasteiger partial charge < -0.3 is 5.73 Å². The van der Waals surface area contributed by atoms with Gasteiger partial charge in [-0.05, 0) is 24.5 Å². The molecule has 0 fully saturated rings. The first-order chi connectivity index (χ1) is 11.4. The molecule has 24 heavy (non-hydrogen) atoms. The third-order valence-electron chi connectivity index (χ3n) is 4.07. The topological polar surface area (TPSA) is 93.4 Å². The van der Waals surface area contributed by atoms with Gasteiger partial charge in [0, 0.05) is 11.6 Å². The molecule has 1 aromatic carbocycles. The summed E-state index contributed by atoms with van der Waals surface area (Å²) in [5.41, 5.74) is 4.73. The third-order valence-corrected chi connectivity index (χ3v) is 5.00. The van der Waals surface area contributed by atoms with E-state index < -0.39 is 23.3 Å². The van der Waals surface area contributed by atoms with E-state index in [0.717, 1.165) is 4.90 Å². The van der Waals surface area contributed by atoms with Crippen molar-refractivity contribution < 1.29 is 14.4 Å². The van der Waals surface area contributed by atoms with E-state index in [1.807, 2.05) is 13.8 Å². The fourth-order valence-electron chi connectivity index (χ4n) is 3.14. The molecule has 1 aliphatic heterocycles. The zero-order valence-electron chi connectivity index (χ0n) is 13.4. The van der Waals surface area contributed by atoms with E-state index >= 15 is 0 Å². The number of rotatable bonds is 5. The molecule has 1 unspecified atom stereocenters. The number of benzene rings is 1. The lowest BCUT2D eigenvalue weighted by molar-refractivity contribution is -0.129. The van der Waals surface area contributed by atoms with Crippen LogP contribution in [0, 0.1) is 5.92 Å². The molecule has 0 aliphatic carbocycles. The number of aromatic nitrogens is 1. The second kappa shape index (κ2) is 5.83. The minimum atomic E-state index is -1.57. The monoisotopic (exact) mass is 343 g/mol. The highest BCUT2D eigenvalue weighted by atomic mass is 32.1. The first-order valence-electron chi connectivity index (χ1n) is 7.57. The Morgan fingerprint density at radius 1 is 1.25 bits per heavy atom. The van der Waals surface area contributed by atoms with Crippen LogP contribution in [0.5, 0.6) is 0 Å². The number of nitrogens with two attached hydrogens (primary N) is 1. The first-order valence-corrected chi connectivity index (χ1v) is 8.45. The number of imide groups is 1. The van der Waals surface area contributed by atoms with Gasteiger partial charge in [0.25, 0.3) is 17.7 Å². The van der Waals surface area contributed by atoms with Crippen molar-refractivity contribution in [1.29, 1.82) is 0 Å². The van der Waals surface area contributed by atoms with Crippen LogP contribution in [-0.2, 0) is 10.3 Å². The van der Waals surface area contributed by atoms with E-state index in [1.54, 1.807) is 29.6 Å². The van der Waals surface area contributed by atoms with Crippen molar-refractivity contribution >= 4 is 29.1 Å². The number of hydrogen-bond acceptors (Lipinski definition) is 5. The van der Waals surface area contributed by atoms with E-state index in [2.05, 4.69) is 4.98 Å². The molecule has 7 heteroatoms. The lowest BCUT2D eigenvalue weighted by atomic mass is 9.86. The summed E-state index contributed by atoms with van der Waals surface area (Å²) in [7, 11) is 0. The van der Waals surface area contributed by atoms with E-state index in [-0.39, 0.29) is 23.5 Å². The number of amides is 3. The number of hydrogen-bond donors (Lipinski definition) is 1. The average molecular weight is 343 g/mol. The molecule has 2 heterocycles. The SMILES string of the molecule is CC(C)CC(C(N)=O)(c1nccs1)N1C(=O)c2ccccc2C1=O. The van der Waals surface area contributed by atoms with Crippen LogP contribution in [0.3, 0.4) is 0 Å². The van der Waals surface area contributed by atoms with Crippen molar-refractivity contribution in [2.24, 2.45) is 11.7 Å². The summed E-state index contributed by atoms with van der Waals surface area (Å²) < 4.78 is 0. The number of carbonyl (C=O) groups excluding carboxylic acids is 3. The Hall–Kier alpha value is -2.54. The standard InChI is InChI=1S/C17H17N3O3S/c1-10(2)9-17(15(18)23,16-19-7-8-24-16)20-13(21)11-5-3-4-6-12(11)14(20)22/h3-8,10H,9H2,1-2H3,(H2,18,23). The molecule has 124 valence electrons. The minimum Gasteiger partial charge on any atom is -0.367 e. The molecule has 2 aromatic rings. The molecule has 0 spiro atoms. The van der Waals surface area contributed by atoms with E-state index in [4.69, 9.17) is 5.73 Å². The molecule has 3 amide bonds. The van der Waals surface area contributed by atoms with Crippen LogP contribution >= 0.6 is 11.3 Å². The molecule has 0 radical (unpaired) electrons. The minimum absolute atomic E-state index is 0.0192. The van der Waals surface area contributed by atoms with Gasteiger partial charge in [0.2, 0.25) is 0 Å². The molecule has 0 bridgehead atoms. The summed E-state index contributed by atoms with van der Waals surface area (Å²) in [5, 5.41) is 2.06. The molecule has 6 nitrogen and oxygen atoms in total. The second-order valence-electron chi connectivity index (χ2n) is 6.15. The Bertz CT molecular complexity index is 781. The molecule has 2 N–H and O–H groups in total. The molecule has 1 aromatic heterocycles. The molecule has 0 saturated heterocycles. The zero-order valence-corrected chi connectivity index (χ0v) is 14.2. The Kier molecular flexibility index (Phi) is 3.96.